The summed E-state index contributed by atoms with van der Waals surface area (Å²) in [6.07, 6.45) is -0.430. The quantitative estimate of drug-likeness (QED) is 0.571. The van der Waals surface area contributed by atoms with E-state index in [-0.39, 0.29) is 29.1 Å². The van der Waals surface area contributed by atoms with Gasteiger partial charge in [0.1, 0.15) is 6.42 Å². The van der Waals surface area contributed by atoms with Crippen molar-refractivity contribution in [3.05, 3.63) is 17.2 Å². The van der Waals surface area contributed by atoms with Crippen LogP contribution in [0.1, 0.15) is 65.0 Å². The van der Waals surface area contributed by atoms with E-state index >= 15 is 0 Å². The van der Waals surface area contributed by atoms with Crippen LogP contribution < -0.4 is 9.47 Å². The maximum atomic E-state index is 12.1. The Hall–Kier alpha value is -2.44. The highest BCUT2D eigenvalue weighted by atomic mass is 16.7. The van der Waals surface area contributed by atoms with Crippen LogP contribution >= 0.6 is 0 Å². The van der Waals surface area contributed by atoms with Gasteiger partial charge in [-0.1, -0.05) is 27.7 Å². The second-order valence-corrected chi connectivity index (χ2v) is 6.98. The first kappa shape index (κ1) is 20.9. The van der Waals surface area contributed by atoms with E-state index in [0.717, 1.165) is 0 Å². The summed E-state index contributed by atoms with van der Waals surface area (Å²) in [5.41, 5.74) is 1.05. The van der Waals surface area contributed by atoms with Gasteiger partial charge in [-0.15, -0.1) is 0 Å². The van der Waals surface area contributed by atoms with Gasteiger partial charge in [-0.05, 0) is 25.8 Å². The summed E-state index contributed by atoms with van der Waals surface area (Å²) >= 11 is 0. The zero-order valence-electron chi connectivity index (χ0n) is 16.8. The molecule has 150 valence electrons. The lowest BCUT2D eigenvalue weighted by Crippen LogP contribution is -2.47. The molecule has 7 heteroatoms. The Morgan fingerprint density at radius 1 is 1.07 bits per heavy atom. The molecule has 7 nitrogen and oxygen atoms in total. The molecule has 1 N–H and O–H groups in total. The molecule has 0 aromatic heterocycles. The smallest absolute Gasteiger partial charge is 0.320 e. The Balaban J connectivity index is 2.85. The van der Waals surface area contributed by atoms with Crippen LogP contribution in [0, 0.1) is 5.92 Å². The highest BCUT2D eigenvalue weighted by Gasteiger charge is 2.50. The molecule has 1 heterocycles. The molecular formula is C20H28O7. The van der Waals surface area contributed by atoms with Gasteiger partial charge in [0.2, 0.25) is 5.75 Å². The van der Waals surface area contributed by atoms with Gasteiger partial charge in [0.25, 0.3) is 5.79 Å². The van der Waals surface area contributed by atoms with Gasteiger partial charge in [-0.3, -0.25) is 9.59 Å². The predicted octanol–water partition coefficient (Wildman–Crippen LogP) is 3.61. The van der Waals surface area contributed by atoms with Gasteiger partial charge in [-0.25, -0.2) is 0 Å². The second kappa shape index (κ2) is 8.06. The molecular weight excluding hydrogens is 352 g/mol. The third kappa shape index (κ3) is 3.82. The number of carbonyl (C=O) groups excluding carboxylic acids is 2. The van der Waals surface area contributed by atoms with Gasteiger partial charge in [0.15, 0.2) is 11.5 Å². The molecule has 1 aromatic carbocycles. The van der Waals surface area contributed by atoms with E-state index in [4.69, 9.17) is 18.9 Å². The normalized spacial score (nSPS) is 16.3. The van der Waals surface area contributed by atoms with Gasteiger partial charge in [0.05, 0.1) is 13.2 Å². The number of ether oxygens (including phenoxy) is 4. The van der Waals surface area contributed by atoms with Crippen molar-refractivity contribution in [2.75, 3.05) is 13.2 Å². The molecule has 27 heavy (non-hydrogen) atoms. The number of aromatic hydroxyl groups is 1. The van der Waals surface area contributed by atoms with Crippen molar-refractivity contribution in [2.45, 2.75) is 59.7 Å². The molecule has 0 saturated carbocycles. The minimum Gasteiger partial charge on any atom is -0.502 e. The molecule has 1 saturated heterocycles. The Morgan fingerprint density at radius 2 is 1.63 bits per heavy atom. The lowest BCUT2D eigenvalue weighted by atomic mass is 9.84. The van der Waals surface area contributed by atoms with Crippen molar-refractivity contribution in [1.82, 2.24) is 0 Å². The van der Waals surface area contributed by atoms with Crippen molar-refractivity contribution in [3.8, 4) is 17.2 Å². The van der Waals surface area contributed by atoms with Crippen molar-refractivity contribution >= 4 is 11.9 Å². The van der Waals surface area contributed by atoms with E-state index in [1.54, 1.807) is 33.8 Å². The standard InChI is InChI=1S/C20H28O7/c1-7-24-14-9-13(17(11(3)4)19(18(14)23)25-8-2)20(12(5)6)26-15(21)10-16(22)27-20/h9,11-12,23H,7-8,10H2,1-6H3. The highest BCUT2D eigenvalue weighted by Crippen LogP contribution is 2.51. The first-order valence-electron chi connectivity index (χ1n) is 9.27. The Morgan fingerprint density at radius 3 is 2.07 bits per heavy atom. The van der Waals surface area contributed by atoms with E-state index in [9.17, 15) is 14.7 Å². The van der Waals surface area contributed by atoms with Crippen LogP contribution in [-0.4, -0.2) is 30.3 Å². The van der Waals surface area contributed by atoms with Gasteiger partial charge in [0, 0.05) is 17.0 Å². The lowest BCUT2D eigenvalue weighted by Gasteiger charge is -2.41. The number of carbonyl (C=O) groups is 2. The third-order valence-electron chi connectivity index (χ3n) is 4.38. The predicted molar refractivity (Wildman–Crippen MR) is 97.9 cm³/mol. The summed E-state index contributed by atoms with van der Waals surface area (Å²) in [5.74, 6) is -3.12. The van der Waals surface area contributed by atoms with Gasteiger partial charge < -0.3 is 24.1 Å². The zero-order valence-corrected chi connectivity index (χ0v) is 16.8. The number of esters is 2. The maximum absolute atomic E-state index is 12.1. The number of hydrogen-bond acceptors (Lipinski definition) is 7. The number of phenols is 1. The van der Waals surface area contributed by atoms with Gasteiger partial charge in [-0.2, -0.15) is 0 Å². The minimum absolute atomic E-state index is 0.113. The Kier molecular flexibility index (Phi) is 6.23. The number of benzene rings is 1. The van der Waals surface area contributed by atoms with Crippen LogP contribution in [0.2, 0.25) is 0 Å². The van der Waals surface area contributed by atoms with Crippen molar-refractivity contribution in [3.63, 3.8) is 0 Å². The average Bonchev–Trinajstić information content (AvgIpc) is 2.56. The molecule has 1 aliphatic rings. The van der Waals surface area contributed by atoms with E-state index in [1.165, 1.54) is 0 Å². The molecule has 0 bridgehead atoms. The lowest BCUT2D eigenvalue weighted by molar-refractivity contribution is -0.266. The number of hydrogen-bond donors (Lipinski definition) is 1. The summed E-state index contributed by atoms with van der Waals surface area (Å²) in [6.45, 7) is 11.6. The zero-order chi connectivity index (χ0) is 20.4. The molecule has 1 fully saturated rings. The highest BCUT2D eigenvalue weighted by molar-refractivity contribution is 5.93. The van der Waals surface area contributed by atoms with Crippen LogP contribution in [-0.2, 0) is 24.8 Å². The van der Waals surface area contributed by atoms with Crippen molar-refractivity contribution in [1.29, 1.82) is 0 Å². The van der Waals surface area contributed by atoms with Crippen molar-refractivity contribution < 1.29 is 33.6 Å². The summed E-state index contributed by atoms with van der Waals surface area (Å²) in [4.78, 5) is 24.2. The largest absolute Gasteiger partial charge is 0.502 e. The van der Waals surface area contributed by atoms with Crippen LogP contribution in [0.25, 0.3) is 0 Å². The first-order valence-corrected chi connectivity index (χ1v) is 9.27. The minimum atomic E-state index is -1.61. The number of cyclic esters (lactones) is 2. The first-order chi connectivity index (χ1) is 12.7. The topological polar surface area (TPSA) is 91.3 Å². The molecule has 2 rings (SSSR count). The summed E-state index contributed by atoms with van der Waals surface area (Å²) in [6, 6.07) is 1.57. The molecule has 0 unspecified atom stereocenters. The SMILES string of the molecule is CCOc1cc(C2(C(C)C)OC(=O)CC(=O)O2)c(C(C)C)c(OCC)c1O. The Labute approximate surface area is 159 Å². The van der Waals surface area contributed by atoms with E-state index in [0.29, 0.717) is 24.3 Å². The van der Waals surface area contributed by atoms with Crippen LogP contribution in [0.4, 0.5) is 0 Å². The molecule has 1 aromatic rings. The van der Waals surface area contributed by atoms with E-state index in [2.05, 4.69) is 0 Å². The number of rotatable bonds is 7. The fraction of sp³-hybridized carbons (Fsp3) is 0.600. The fourth-order valence-corrected chi connectivity index (χ4v) is 3.26. The average molecular weight is 380 g/mol. The van der Waals surface area contributed by atoms with Crippen molar-refractivity contribution in [2.24, 2.45) is 5.92 Å². The fourth-order valence-electron chi connectivity index (χ4n) is 3.26. The summed E-state index contributed by atoms with van der Waals surface area (Å²) < 4.78 is 22.5. The summed E-state index contributed by atoms with van der Waals surface area (Å²) in [7, 11) is 0. The number of phenolic OH excluding ortho intramolecular Hbond substituents is 1. The van der Waals surface area contributed by atoms with Crippen LogP contribution in [0.15, 0.2) is 6.07 Å². The molecule has 0 amide bonds. The molecule has 0 spiro atoms. The molecule has 0 aliphatic carbocycles. The van der Waals surface area contributed by atoms with Crippen LogP contribution in [0.5, 0.6) is 17.2 Å². The Bertz CT molecular complexity index is 706. The molecule has 0 radical (unpaired) electrons. The van der Waals surface area contributed by atoms with E-state index < -0.39 is 24.1 Å². The third-order valence-corrected chi connectivity index (χ3v) is 4.38. The van der Waals surface area contributed by atoms with Gasteiger partial charge >= 0.3 is 11.9 Å². The second-order valence-electron chi connectivity index (χ2n) is 6.98. The maximum Gasteiger partial charge on any atom is 0.320 e. The van der Waals surface area contributed by atoms with Crippen LogP contribution in [0.3, 0.4) is 0 Å². The molecule has 0 atom stereocenters. The molecule has 1 aliphatic heterocycles. The van der Waals surface area contributed by atoms with E-state index in [1.807, 2.05) is 13.8 Å². The summed E-state index contributed by atoms with van der Waals surface area (Å²) in [5, 5.41) is 10.7. The monoisotopic (exact) mass is 380 g/mol.